The molecule has 0 aliphatic rings. The van der Waals surface area contributed by atoms with Crippen molar-refractivity contribution >= 4 is 29.1 Å². The maximum Gasteiger partial charge on any atom is 0.252 e. The second kappa shape index (κ2) is 6.91. The van der Waals surface area contributed by atoms with E-state index in [1.807, 2.05) is 6.92 Å². The van der Waals surface area contributed by atoms with Crippen LogP contribution in [0.3, 0.4) is 0 Å². The standard InChI is InChI=1S/C14H14Cl2FN3O/c1-8-9(7-19-20-8)3-2-4-18-14(21)10-5-13(17)12(16)6-11(10)15/h5-7H,2-4H2,1H3,(H,18,21)(H,19,20). The van der Waals surface area contributed by atoms with Crippen molar-refractivity contribution in [2.75, 3.05) is 6.54 Å². The Hall–Kier alpha value is -1.59. The van der Waals surface area contributed by atoms with Crippen molar-refractivity contribution in [2.45, 2.75) is 19.8 Å². The van der Waals surface area contributed by atoms with E-state index < -0.39 is 11.7 Å². The molecule has 4 nitrogen and oxygen atoms in total. The molecule has 1 aromatic carbocycles. The summed E-state index contributed by atoms with van der Waals surface area (Å²) in [4.78, 5) is 11.9. The number of benzene rings is 1. The Kier molecular flexibility index (Phi) is 5.20. The fraction of sp³-hybridized carbons (Fsp3) is 0.286. The molecule has 0 bridgehead atoms. The third-order valence-electron chi connectivity index (χ3n) is 3.10. The van der Waals surface area contributed by atoms with E-state index in [4.69, 9.17) is 23.2 Å². The second-order valence-corrected chi connectivity index (χ2v) is 5.44. The quantitative estimate of drug-likeness (QED) is 0.651. The molecule has 2 aromatic rings. The molecule has 2 rings (SSSR count). The van der Waals surface area contributed by atoms with Gasteiger partial charge in [0.1, 0.15) is 5.82 Å². The first-order valence-corrected chi connectivity index (χ1v) is 7.16. The molecular weight excluding hydrogens is 316 g/mol. The van der Waals surface area contributed by atoms with E-state index >= 15 is 0 Å². The van der Waals surface area contributed by atoms with Gasteiger partial charge in [-0.25, -0.2) is 4.39 Å². The molecular formula is C14H14Cl2FN3O. The number of nitrogens with one attached hydrogen (secondary N) is 2. The minimum atomic E-state index is -0.666. The SMILES string of the molecule is Cc1[nH]ncc1CCCNC(=O)c1cc(F)c(Cl)cc1Cl. The number of amides is 1. The number of halogens is 3. The molecule has 0 saturated carbocycles. The first-order chi connectivity index (χ1) is 9.99. The monoisotopic (exact) mass is 329 g/mol. The predicted octanol–water partition coefficient (Wildman–Crippen LogP) is 3.53. The number of hydrogen-bond donors (Lipinski definition) is 2. The Morgan fingerprint density at radius 2 is 2.14 bits per heavy atom. The highest BCUT2D eigenvalue weighted by Gasteiger charge is 2.13. The van der Waals surface area contributed by atoms with Gasteiger partial charge in [0, 0.05) is 12.2 Å². The Bertz CT molecular complexity index is 658. The molecule has 1 aromatic heterocycles. The van der Waals surface area contributed by atoms with E-state index in [2.05, 4.69) is 15.5 Å². The van der Waals surface area contributed by atoms with Crippen LogP contribution >= 0.6 is 23.2 Å². The first kappa shape index (κ1) is 15.8. The lowest BCUT2D eigenvalue weighted by atomic mass is 10.1. The second-order valence-electron chi connectivity index (χ2n) is 4.63. The van der Waals surface area contributed by atoms with Crippen LogP contribution in [0.4, 0.5) is 4.39 Å². The summed E-state index contributed by atoms with van der Waals surface area (Å²) >= 11 is 11.5. The lowest BCUT2D eigenvalue weighted by molar-refractivity contribution is 0.0953. The van der Waals surface area contributed by atoms with Crippen molar-refractivity contribution in [3.8, 4) is 0 Å². The summed E-state index contributed by atoms with van der Waals surface area (Å²) < 4.78 is 13.4. The average molecular weight is 330 g/mol. The summed E-state index contributed by atoms with van der Waals surface area (Å²) in [6, 6.07) is 2.27. The zero-order valence-corrected chi connectivity index (χ0v) is 12.9. The lowest BCUT2D eigenvalue weighted by Gasteiger charge is -2.07. The molecule has 0 saturated heterocycles. The molecule has 0 unspecified atom stereocenters. The van der Waals surface area contributed by atoms with Crippen LogP contribution in [0.1, 0.15) is 28.0 Å². The van der Waals surface area contributed by atoms with Crippen LogP contribution in [0, 0.1) is 12.7 Å². The summed E-state index contributed by atoms with van der Waals surface area (Å²) in [6.45, 7) is 2.40. The van der Waals surface area contributed by atoms with E-state index in [0.717, 1.165) is 30.2 Å². The van der Waals surface area contributed by atoms with Gasteiger partial charge in [-0.1, -0.05) is 23.2 Å². The topological polar surface area (TPSA) is 57.8 Å². The number of aryl methyl sites for hydroxylation is 2. The van der Waals surface area contributed by atoms with Crippen LogP contribution in [-0.2, 0) is 6.42 Å². The van der Waals surface area contributed by atoms with Gasteiger partial charge in [-0.15, -0.1) is 0 Å². The normalized spacial score (nSPS) is 10.7. The number of aromatic amines is 1. The molecule has 0 atom stereocenters. The number of carbonyl (C=O) groups is 1. The van der Waals surface area contributed by atoms with Crippen molar-refractivity contribution in [3.63, 3.8) is 0 Å². The molecule has 0 aliphatic heterocycles. The minimum Gasteiger partial charge on any atom is -0.352 e. The molecule has 0 spiro atoms. The summed E-state index contributed by atoms with van der Waals surface area (Å²) in [6.07, 6.45) is 3.31. The van der Waals surface area contributed by atoms with E-state index in [9.17, 15) is 9.18 Å². The fourth-order valence-corrected chi connectivity index (χ4v) is 2.37. The van der Waals surface area contributed by atoms with E-state index in [0.29, 0.717) is 6.54 Å². The summed E-state index contributed by atoms with van der Waals surface area (Å²) in [5.41, 5.74) is 2.21. The zero-order valence-electron chi connectivity index (χ0n) is 11.3. The molecule has 0 fully saturated rings. The minimum absolute atomic E-state index is 0.0815. The van der Waals surface area contributed by atoms with Crippen LogP contribution in [0.15, 0.2) is 18.3 Å². The Morgan fingerprint density at radius 1 is 1.38 bits per heavy atom. The molecule has 0 radical (unpaired) electrons. The highest BCUT2D eigenvalue weighted by atomic mass is 35.5. The number of carbonyl (C=O) groups excluding carboxylic acids is 1. The van der Waals surface area contributed by atoms with Crippen molar-refractivity contribution in [1.29, 1.82) is 0 Å². The van der Waals surface area contributed by atoms with Crippen LogP contribution in [0.2, 0.25) is 10.0 Å². The largest absolute Gasteiger partial charge is 0.352 e. The third-order valence-corrected chi connectivity index (χ3v) is 3.70. The predicted molar refractivity (Wildman–Crippen MR) is 80.4 cm³/mol. The molecule has 7 heteroatoms. The average Bonchev–Trinajstić information content (AvgIpc) is 2.84. The van der Waals surface area contributed by atoms with Gasteiger partial charge in [0.05, 0.1) is 21.8 Å². The van der Waals surface area contributed by atoms with Crippen LogP contribution in [0.5, 0.6) is 0 Å². The number of H-pyrrole nitrogens is 1. The third kappa shape index (κ3) is 3.95. The van der Waals surface area contributed by atoms with Crippen LogP contribution in [-0.4, -0.2) is 22.6 Å². The Morgan fingerprint density at radius 3 is 2.81 bits per heavy atom. The maximum atomic E-state index is 13.4. The van der Waals surface area contributed by atoms with Crippen LogP contribution < -0.4 is 5.32 Å². The zero-order chi connectivity index (χ0) is 15.4. The van der Waals surface area contributed by atoms with Crippen molar-refractivity contribution in [2.24, 2.45) is 0 Å². The van der Waals surface area contributed by atoms with Gasteiger partial charge in [0.2, 0.25) is 0 Å². The highest BCUT2D eigenvalue weighted by molar-refractivity contribution is 6.36. The Labute approximate surface area is 131 Å². The van der Waals surface area contributed by atoms with Crippen molar-refractivity contribution in [1.82, 2.24) is 15.5 Å². The number of nitrogens with zero attached hydrogens (tertiary/aromatic N) is 1. The van der Waals surface area contributed by atoms with Gasteiger partial charge in [-0.3, -0.25) is 9.89 Å². The van der Waals surface area contributed by atoms with Gasteiger partial charge in [0.15, 0.2) is 0 Å². The first-order valence-electron chi connectivity index (χ1n) is 6.40. The number of aromatic nitrogens is 2. The van der Waals surface area contributed by atoms with Gasteiger partial charge >= 0.3 is 0 Å². The van der Waals surface area contributed by atoms with Gasteiger partial charge in [0.25, 0.3) is 5.91 Å². The van der Waals surface area contributed by atoms with Crippen molar-refractivity contribution < 1.29 is 9.18 Å². The molecule has 1 heterocycles. The highest BCUT2D eigenvalue weighted by Crippen LogP contribution is 2.24. The lowest BCUT2D eigenvalue weighted by Crippen LogP contribution is -2.25. The van der Waals surface area contributed by atoms with Gasteiger partial charge in [-0.05, 0) is 37.5 Å². The fourth-order valence-electron chi connectivity index (χ4n) is 1.90. The molecule has 0 aliphatic carbocycles. The molecule has 2 N–H and O–H groups in total. The molecule has 21 heavy (non-hydrogen) atoms. The smallest absolute Gasteiger partial charge is 0.252 e. The van der Waals surface area contributed by atoms with Gasteiger partial charge in [-0.2, -0.15) is 5.10 Å². The molecule has 1 amide bonds. The Balaban J connectivity index is 1.88. The van der Waals surface area contributed by atoms with Crippen molar-refractivity contribution in [3.05, 3.63) is 51.0 Å². The summed E-state index contributed by atoms with van der Waals surface area (Å²) in [7, 11) is 0. The van der Waals surface area contributed by atoms with E-state index in [-0.39, 0.29) is 15.6 Å². The number of hydrogen-bond acceptors (Lipinski definition) is 2. The van der Waals surface area contributed by atoms with E-state index in [1.165, 1.54) is 6.07 Å². The summed E-state index contributed by atoms with van der Waals surface area (Å²) in [5, 5.41) is 9.51. The maximum absolute atomic E-state index is 13.4. The van der Waals surface area contributed by atoms with E-state index in [1.54, 1.807) is 6.20 Å². The van der Waals surface area contributed by atoms with Gasteiger partial charge < -0.3 is 5.32 Å². The van der Waals surface area contributed by atoms with Crippen LogP contribution in [0.25, 0.3) is 0 Å². The number of rotatable bonds is 5. The summed E-state index contributed by atoms with van der Waals surface area (Å²) in [5.74, 6) is -1.08. The molecule has 112 valence electrons.